The standard InChI is InChI=1S/C13H20N2O4S.C6H10O2.C2H6/c1-3-10(8-9-16)13(17)15-11-4-6-12(7-5-11)20(18,19)14-2;1-2-5-3-4-8-6(5)7;1-2/h4-7,10,14,16H,3,8-9H2,1-2H3,(H,15,17);5H,2-4H2,1H3;1-2H3. The first-order chi connectivity index (χ1) is 14.3. The van der Waals surface area contributed by atoms with Crippen LogP contribution >= 0.6 is 0 Å². The van der Waals surface area contributed by atoms with E-state index in [1.54, 1.807) is 0 Å². The van der Waals surface area contributed by atoms with E-state index in [1.807, 2.05) is 27.7 Å². The Kier molecular flexibility index (Phi) is 13.9. The lowest BCUT2D eigenvalue weighted by Crippen LogP contribution is -2.23. The number of hydrogen-bond acceptors (Lipinski definition) is 6. The SMILES string of the molecule is CC.CCC(CCO)C(=O)Nc1ccc(S(=O)(=O)NC)cc1.CCC1CCOC1=O. The Balaban J connectivity index is 0.000000696. The monoisotopic (exact) mass is 444 g/mol. The van der Waals surface area contributed by atoms with Gasteiger partial charge in [-0.1, -0.05) is 27.7 Å². The maximum absolute atomic E-state index is 11.9. The molecule has 172 valence electrons. The van der Waals surface area contributed by atoms with E-state index in [2.05, 4.69) is 10.0 Å². The summed E-state index contributed by atoms with van der Waals surface area (Å²) in [7, 11) is -2.13. The van der Waals surface area contributed by atoms with E-state index in [-0.39, 0.29) is 35.2 Å². The van der Waals surface area contributed by atoms with Crippen molar-refractivity contribution in [3.63, 3.8) is 0 Å². The molecule has 1 aromatic carbocycles. The molecule has 0 aliphatic carbocycles. The number of aliphatic hydroxyl groups is 1. The van der Waals surface area contributed by atoms with Crippen molar-refractivity contribution < 1.29 is 27.9 Å². The fraction of sp³-hybridized carbons (Fsp3) is 0.619. The Morgan fingerprint density at radius 3 is 2.20 bits per heavy atom. The molecule has 1 aromatic rings. The van der Waals surface area contributed by atoms with Gasteiger partial charge in [0.2, 0.25) is 15.9 Å². The number of rotatable bonds is 8. The lowest BCUT2D eigenvalue weighted by Gasteiger charge is -2.13. The van der Waals surface area contributed by atoms with Crippen LogP contribution in [0.2, 0.25) is 0 Å². The number of ether oxygens (including phenoxy) is 1. The van der Waals surface area contributed by atoms with E-state index < -0.39 is 10.0 Å². The van der Waals surface area contributed by atoms with Crippen LogP contribution in [0.3, 0.4) is 0 Å². The molecule has 1 saturated heterocycles. The molecule has 0 aromatic heterocycles. The molecule has 8 nitrogen and oxygen atoms in total. The summed E-state index contributed by atoms with van der Waals surface area (Å²) in [5, 5.41) is 11.6. The van der Waals surface area contributed by atoms with E-state index in [0.717, 1.165) is 12.8 Å². The minimum absolute atomic E-state index is 0.00694. The van der Waals surface area contributed by atoms with Gasteiger partial charge in [0, 0.05) is 18.2 Å². The molecule has 2 unspecified atom stereocenters. The summed E-state index contributed by atoms with van der Waals surface area (Å²) in [4.78, 5) is 22.6. The quantitative estimate of drug-likeness (QED) is 0.530. The molecular formula is C21H36N2O6S. The highest BCUT2D eigenvalue weighted by molar-refractivity contribution is 7.89. The van der Waals surface area contributed by atoms with E-state index >= 15 is 0 Å². The number of aliphatic hydroxyl groups excluding tert-OH is 1. The van der Waals surface area contributed by atoms with Crippen LogP contribution in [0.5, 0.6) is 0 Å². The van der Waals surface area contributed by atoms with Crippen molar-refractivity contribution in [1.29, 1.82) is 0 Å². The summed E-state index contributed by atoms with van der Waals surface area (Å²) in [6.45, 7) is 8.49. The molecule has 2 rings (SSSR count). The average Bonchev–Trinajstić information content (AvgIpc) is 3.19. The predicted molar refractivity (Wildman–Crippen MR) is 118 cm³/mol. The van der Waals surface area contributed by atoms with Crippen LogP contribution in [0.15, 0.2) is 29.2 Å². The molecule has 1 amide bonds. The molecule has 1 fully saturated rings. The van der Waals surface area contributed by atoms with E-state index in [1.165, 1.54) is 31.3 Å². The smallest absolute Gasteiger partial charge is 0.309 e. The van der Waals surface area contributed by atoms with Gasteiger partial charge >= 0.3 is 5.97 Å². The number of sulfonamides is 1. The number of hydrogen-bond donors (Lipinski definition) is 3. The third kappa shape index (κ3) is 9.23. The minimum atomic E-state index is -3.47. The zero-order valence-corrected chi connectivity index (χ0v) is 19.4. The highest BCUT2D eigenvalue weighted by atomic mass is 32.2. The van der Waals surface area contributed by atoms with Gasteiger partial charge < -0.3 is 15.2 Å². The van der Waals surface area contributed by atoms with Gasteiger partial charge in [0.25, 0.3) is 0 Å². The summed E-state index contributed by atoms with van der Waals surface area (Å²) in [6, 6.07) is 5.92. The van der Waals surface area contributed by atoms with Crippen LogP contribution in [-0.4, -0.2) is 45.7 Å². The topological polar surface area (TPSA) is 122 Å². The molecular weight excluding hydrogens is 408 g/mol. The molecule has 0 saturated carbocycles. The Morgan fingerprint density at radius 2 is 1.83 bits per heavy atom. The van der Waals surface area contributed by atoms with Gasteiger partial charge in [-0.15, -0.1) is 0 Å². The molecule has 1 aliphatic heterocycles. The number of amides is 1. The summed E-state index contributed by atoms with van der Waals surface area (Å²) in [6.07, 6.45) is 2.90. The van der Waals surface area contributed by atoms with Gasteiger partial charge in [-0.3, -0.25) is 9.59 Å². The number of esters is 1. The lowest BCUT2D eigenvalue weighted by atomic mass is 10.0. The van der Waals surface area contributed by atoms with E-state index in [9.17, 15) is 18.0 Å². The summed E-state index contributed by atoms with van der Waals surface area (Å²) in [5.41, 5.74) is 0.529. The third-order valence-corrected chi connectivity index (χ3v) is 6.01. The lowest BCUT2D eigenvalue weighted by molar-refractivity contribution is -0.141. The number of anilines is 1. The van der Waals surface area contributed by atoms with Crippen LogP contribution in [0.1, 0.15) is 53.4 Å². The van der Waals surface area contributed by atoms with Gasteiger partial charge in [-0.2, -0.15) is 0 Å². The van der Waals surface area contributed by atoms with Crippen molar-refractivity contribution >= 4 is 27.6 Å². The first-order valence-corrected chi connectivity index (χ1v) is 11.9. The van der Waals surface area contributed by atoms with Crippen LogP contribution in [0.4, 0.5) is 5.69 Å². The summed E-state index contributed by atoms with van der Waals surface area (Å²) in [5.74, 6) is -0.228. The second kappa shape index (κ2) is 14.9. The van der Waals surface area contributed by atoms with E-state index in [4.69, 9.17) is 9.84 Å². The second-order valence-electron chi connectivity index (χ2n) is 6.40. The Hall–Kier alpha value is -1.97. The Labute approximate surface area is 180 Å². The highest BCUT2D eigenvalue weighted by Gasteiger charge is 2.23. The molecule has 0 radical (unpaired) electrons. The number of carbonyl (C=O) groups excluding carboxylic acids is 2. The van der Waals surface area contributed by atoms with Crippen LogP contribution < -0.4 is 10.0 Å². The first kappa shape index (κ1) is 28.0. The zero-order chi connectivity index (χ0) is 23.2. The largest absolute Gasteiger partial charge is 0.465 e. The molecule has 9 heteroatoms. The van der Waals surface area contributed by atoms with Crippen LogP contribution in [0, 0.1) is 11.8 Å². The molecule has 1 aliphatic rings. The van der Waals surface area contributed by atoms with Crippen molar-refractivity contribution in [1.82, 2.24) is 4.72 Å². The first-order valence-electron chi connectivity index (χ1n) is 10.4. The van der Waals surface area contributed by atoms with Gasteiger partial charge in [0.1, 0.15) is 0 Å². The molecule has 0 bridgehead atoms. The predicted octanol–water partition coefficient (Wildman–Crippen LogP) is 2.93. The summed E-state index contributed by atoms with van der Waals surface area (Å²) < 4.78 is 30.0. The normalized spacial score (nSPS) is 16.3. The van der Waals surface area contributed by atoms with E-state index in [0.29, 0.717) is 25.1 Å². The summed E-state index contributed by atoms with van der Waals surface area (Å²) >= 11 is 0. The molecule has 30 heavy (non-hydrogen) atoms. The van der Waals surface area contributed by atoms with Gasteiger partial charge in [0.05, 0.1) is 17.4 Å². The molecule has 1 heterocycles. The maximum Gasteiger partial charge on any atom is 0.309 e. The van der Waals surface area contributed by atoms with Crippen molar-refractivity contribution in [3.8, 4) is 0 Å². The maximum atomic E-state index is 11.9. The molecule has 2 atom stereocenters. The van der Waals surface area contributed by atoms with Crippen molar-refractivity contribution in [2.24, 2.45) is 11.8 Å². The van der Waals surface area contributed by atoms with Crippen LogP contribution in [-0.2, 0) is 24.3 Å². The van der Waals surface area contributed by atoms with Crippen molar-refractivity contribution in [2.45, 2.75) is 58.3 Å². The zero-order valence-electron chi connectivity index (χ0n) is 18.6. The van der Waals surface area contributed by atoms with Crippen LogP contribution in [0.25, 0.3) is 0 Å². The highest BCUT2D eigenvalue weighted by Crippen LogP contribution is 2.17. The molecule has 0 spiro atoms. The van der Waals surface area contributed by atoms with Gasteiger partial charge in [0.15, 0.2) is 0 Å². The number of carbonyl (C=O) groups is 2. The number of benzene rings is 1. The number of cyclic esters (lactones) is 1. The van der Waals surface area contributed by atoms with Gasteiger partial charge in [-0.25, -0.2) is 13.1 Å². The fourth-order valence-electron chi connectivity index (χ4n) is 2.66. The number of nitrogens with one attached hydrogen (secondary N) is 2. The Morgan fingerprint density at radius 1 is 1.23 bits per heavy atom. The van der Waals surface area contributed by atoms with Crippen molar-refractivity contribution in [3.05, 3.63) is 24.3 Å². The Bertz CT molecular complexity index is 734. The minimum Gasteiger partial charge on any atom is -0.465 e. The molecule has 3 N–H and O–H groups in total. The second-order valence-corrected chi connectivity index (χ2v) is 8.29. The average molecular weight is 445 g/mol. The third-order valence-electron chi connectivity index (χ3n) is 4.58. The van der Waals surface area contributed by atoms with Gasteiger partial charge in [-0.05, 0) is 57.0 Å². The fourth-order valence-corrected chi connectivity index (χ4v) is 3.39. The van der Waals surface area contributed by atoms with Crippen molar-refractivity contribution in [2.75, 3.05) is 25.6 Å².